The van der Waals surface area contributed by atoms with Gasteiger partial charge in [0.1, 0.15) is 23.6 Å². The molecule has 2 amide bonds. The quantitative estimate of drug-likeness (QED) is 0.459. The van der Waals surface area contributed by atoms with Gasteiger partial charge in [-0.05, 0) is 24.6 Å². The average molecular weight is 555 g/mol. The number of halogens is 5. The second-order valence-electron chi connectivity index (χ2n) is 9.30. The lowest BCUT2D eigenvalue weighted by molar-refractivity contribution is -0.330. The van der Waals surface area contributed by atoms with Crippen LogP contribution in [0.5, 0.6) is 5.88 Å². The number of nitrogens with two attached hydrogens (primary N) is 1. The van der Waals surface area contributed by atoms with E-state index < -0.39 is 61.7 Å². The van der Waals surface area contributed by atoms with E-state index >= 15 is 0 Å². The highest BCUT2D eigenvalue weighted by Crippen LogP contribution is 2.52. The number of amides is 2. The molecule has 2 fully saturated rings. The van der Waals surface area contributed by atoms with E-state index in [-0.39, 0.29) is 17.3 Å². The molecule has 11 nitrogen and oxygen atoms in total. The van der Waals surface area contributed by atoms with Gasteiger partial charge in [-0.1, -0.05) is 0 Å². The van der Waals surface area contributed by atoms with Gasteiger partial charge in [0.2, 0.25) is 5.88 Å². The van der Waals surface area contributed by atoms with Crippen molar-refractivity contribution >= 4 is 23.3 Å². The zero-order valence-electron chi connectivity index (χ0n) is 20.5. The number of nitrogen functional groups attached to an aromatic ring is 1. The largest absolute Gasteiger partial charge is 0.480 e. The lowest BCUT2D eigenvalue weighted by atomic mass is 9.85. The second kappa shape index (κ2) is 9.20. The van der Waals surface area contributed by atoms with E-state index in [2.05, 4.69) is 25.1 Å². The molecule has 0 radical (unpaired) electrons. The molecule has 1 saturated heterocycles. The van der Waals surface area contributed by atoms with E-state index in [0.717, 1.165) is 10.5 Å². The number of ether oxygens (including phenoxy) is 2. The molecule has 2 unspecified atom stereocenters. The van der Waals surface area contributed by atoms with Crippen LogP contribution in [0.25, 0.3) is 16.8 Å². The summed E-state index contributed by atoms with van der Waals surface area (Å²) in [4.78, 5) is 34.2. The van der Waals surface area contributed by atoms with Crippen molar-refractivity contribution in [3.8, 4) is 17.1 Å². The van der Waals surface area contributed by atoms with Crippen molar-refractivity contribution in [2.24, 2.45) is 0 Å². The number of pyridine rings is 1. The maximum absolute atomic E-state index is 14.7. The maximum atomic E-state index is 14.7. The number of rotatable bonds is 5. The summed E-state index contributed by atoms with van der Waals surface area (Å²) in [5.41, 5.74) is 8.22. The smallest absolute Gasteiger partial charge is 0.410 e. The summed E-state index contributed by atoms with van der Waals surface area (Å²) < 4.78 is 78.9. The predicted molar refractivity (Wildman–Crippen MR) is 124 cm³/mol. The Morgan fingerprint density at radius 1 is 1.18 bits per heavy atom. The summed E-state index contributed by atoms with van der Waals surface area (Å²) in [5.74, 6) is -9.40. The molecular formula is C23H22F5N7O4. The van der Waals surface area contributed by atoms with Gasteiger partial charge in [0.15, 0.2) is 11.9 Å². The van der Waals surface area contributed by atoms with Crippen LogP contribution < -0.4 is 15.8 Å². The van der Waals surface area contributed by atoms with Crippen LogP contribution in [0.1, 0.15) is 22.3 Å². The number of carbonyl (C=O) groups excluding carboxylic acids is 2. The highest BCUT2D eigenvalue weighted by atomic mass is 19.3. The van der Waals surface area contributed by atoms with Gasteiger partial charge in [0.05, 0.1) is 31.8 Å². The molecule has 208 valence electrons. The minimum Gasteiger partial charge on any atom is -0.480 e. The van der Waals surface area contributed by atoms with E-state index in [1.807, 2.05) is 0 Å². The second-order valence-corrected chi connectivity index (χ2v) is 9.30. The van der Waals surface area contributed by atoms with Gasteiger partial charge in [-0.15, -0.1) is 0 Å². The molecule has 3 aromatic rings. The first-order chi connectivity index (χ1) is 18.3. The molecule has 0 bridgehead atoms. The fourth-order valence-corrected chi connectivity index (χ4v) is 4.59. The molecule has 2 aliphatic rings. The number of anilines is 1. The highest BCUT2D eigenvalue weighted by molar-refractivity contribution is 5.98. The summed E-state index contributed by atoms with van der Waals surface area (Å²) >= 11 is 0. The van der Waals surface area contributed by atoms with E-state index in [1.54, 1.807) is 13.0 Å². The SMILES string of the molecule is COc1ncc(-c2cc(C)c3c(N)ncnn23)cc1C(=O)NC1CN(C(=O)OC2CC(F)(F)C2(F)F)C[C@@H]1F. The lowest BCUT2D eigenvalue weighted by Gasteiger charge is -2.42. The van der Waals surface area contributed by atoms with Crippen LogP contribution in [0.4, 0.5) is 32.6 Å². The van der Waals surface area contributed by atoms with Crippen molar-refractivity contribution in [3.05, 3.63) is 35.8 Å². The van der Waals surface area contributed by atoms with Crippen molar-refractivity contribution < 1.29 is 41.0 Å². The molecule has 5 rings (SSSR count). The predicted octanol–water partition coefficient (Wildman–Crippen LogP) is 2.62. The number of alkyl halides is 5. The van der Waals surface area contributed by atoms with Gasteiger partial charge in [0.25, 0.3) is 5.91 Å². The summed E-state index contributed by atoms with van der Waals surface area (Å²) in [6.07, 6.45) is -4.11. The zero-order chi connectivity index (χ0) is 28.3. The van der Waals surface area contributed by atoms with Gasteiger partial charge in [0, 0.05) is 18.3 Å². The number of carbonyl (C=O) groups is 2. The number of likely N-dealkylation sites (tertiary alicyclic amines) is 1. The maximum Gasteiger partial charge on any atom is 0.410 e. The Labute approximate surface area is 217 Å². The van der Waals surface area contributed by atoms with Crippen LogP contribution >= 0.6 is 0 Å². The minimum absolute atomic E-state index is 0.0609. The standard InChI is InChI=1S/C23H22F5N7O4/c1-10-3-15(35-17(10)18(29)31-9-32-35)11-4-12(20(38-2)30-6-11)19(36)33-14-8-34(7-13(14)24)21(37)39-16-5-22(25,26)23(16,27)28/h3-4,6,9,13-14,16H,5,7-8H2,1-2H3,(H,33,36)(H2,29,31,32)/t13-,14?,16?/m0/s1. The molecule has 16 heteroatoms. The van der Waals surface area contributed by atoms with Gasteiger partial charge >= 0.3 is 17.9 Å². The minimum atomic E-state index is -4.51. The van der Waals surface area contributed by atoms with Crippen LogP contribution in [0.2, 0.25) is 0 Å². The van der Waals surface area contributed by atoms with Crippen LogP contribution in [-0.2, 0) is 4.74 Å². The highest BCUT2D eigenvalue weighted by Gasteiger charge is 2.74. The molecule has 4 heterocycles. The van der Waals surface area contributed by atoms with Gasteiger partial charge in [-0.25, -0.2) is 23.7 Å². The van der Waals surface area contributed by atoms with Crippen molar-refractivity contribution in [1.82, 2.24) is 29.8 Å². The van der Waals surface area contributed by atoms with E-state index in [0.29, 0.717) is 16.8 Å². The number of hydrogen-bond acceptors (Lipinski definition) is 8. The van der Waals surface area contributed by atoms with E-state index in [1.165, 1.54) is 30.2 Å². The van der Waals surface area contributed by atoms with Crippen LogP contribution in [0, 0.1) is 6.92 Å². The first kappa shape index (κ1) is 26.4. The zero-order valence-corrected chi connectivity index (χ0v) is 20.5. The van der Waals surface area contributed by atoms with E-state index in [9.17, 15) is 31.5 Å². The normalized spacial score (nSPS) is 23.4. The molecule has 3 N–H and O–H groups in total. The molecule has 1 saturated carbocycles. The molecule has 3 atom stereocenters. The number of nitrogens with zero attached hydrogens (tertiary/aromatic N) is 5. The Morgan fingerprint density at radius 2 is 1.92 bits per heavy atom. The fraction of sp³-hybridized carbons (Fsp3) is 0.435. The lowest BCUT2D eigenvalue weighted by Crippen LogP contribution is -2.64. The van der Waals surface area contributed by atoms with E-state index in [4.69, 9.17) is 10.5 Å². The Balaban J connectivity index is 1.32. The van der Waals surface area contributed by atoms with Gasteiger partial charge in [-0.3, -0.25) is 4.79 Å². The third kappa shape index (κ3) is 4.32. The first-order valence-corrected chi connectivity index (χ1v) is 11.6. The van der Waals surface area contributed by atoms with Gasteiger partial charge < -0.3 is 25.4 Å². The van der Waals surface area contributed by atoms with Crippen LogP contribution in [-0.4, -0.2) is 86.8 Å². The fourth-order valence-electron chi connectivity index (χ4n) is 4.59. The Morgan fingerprint density at radius 3 is 2.59 bits per heavy atom. The Kier molecular flexibility index (Phi) is 6.22. The first-order valence-electron chi connectivity index (χ1n) is 11.6. The van der Waals surface area contributed by atoms with Crippen molar-refractivity contribution in [2.75, 3.05) is 25.9 Å². The van der Waals surface area contributed by atoms with Crippen molar-refractivity contribution in [1.29, 1.82) is 0 Å². The summed E-state index contributed by atoms with van der Waals surface area (Å²) in [5, 5.41) is 6.64. The Bertz CT molecular complexity index is 1470. The van der Waals surface area contributed by atoms with Crippen LogP contribution in [0.3, 0.4) is 0 Å². The summed E-state index contributed by atoms with van der Waals surface area (Å²) in [7, 11) is 1.29. The number of hydrogen-bond donors (Lipinski definition) is 2. The van der Waals surface area contributed by atoms with Crippen molar-refractivity contribution in [2.45, 2.75) is 43.5 Å². The molecule has 3 aromatic heterocycles. The van der Waals surface area contributed by atoms with Crippen LogP contribution in [0.15, 0.2) is 24.7 Å². The summed E-state index contributed by atoms with van der Waals surface area (Å²) in [6.45, 7) is 0.776. The topological polar surface area (TPSA) is 137 Å². The number of fused-ring (bicyclic) bond motifs is 1. The molecule has 1 aliphatic carbocycles. The number of aromatic nitrogens is 4. The Hall–Kier alpha value is -4.24. The molecular weight excluding hydrogens is 533 g/mol. The number of methoxy groups -OCH3 is 1. The number of nitrogens with one attached hydrogen (secondary N) is 1. The molecule has 0 aromatic carbocycles. The molecule has 39 heavy (non-hydrogen) atoms. The molecule has 1 aliphatic heterocycles. The number of aryl methyl sites for hydroxylation is 1. The van der Waals surface area contributed by atoms with Crippen molar-refractivity contribution in [3.63, 3.8) is 0 Å². The molecule has 0 spiro atoms. The van der Waals surface area contributed by atoms with Gasteiger partial charge in [-0.2, -0.15) is 22.7 Å². The monoisotopic (exact) mass is 555 g/mol. The summed E-state index contributed by atoms with van der Waals surface area (Å²) in [6, 6.07) is 1.98. The average Bonchev–Trinajstić information content (AvgIpc) is 3.43. The third-order valence-corrected chi connectivity index (χ3v) is 6.76. The third-order valence-electron chi connectivity index (χ3n) is 6.76.